The van der Waals surface area contributed by atoms with Crippen molar-refractivity contribution in [2.75, 3.05) is 9.80 Å². The van der Waals surface area contributed by atoms with Crippen molar-refractivity contribution in [3.05, 3.63) is 133 Å². The van der Waals surface area contributed by atoms with Gasteiger partial charge in [-0.3, -0.25) is 0 Å². The lowest BCUT2D eigenvalue weighted by atomic mass is 9.97. The maximum atomic E-state index is 2.43. The lowest BCUT2D eigenvalue weighted by molar-refractivity contribution is 1.18. The van der Waals surface area contributed by atoms with E-state index < -0.39 is 0 Å². The van der Waals surface area contributed by atoms with Gasteiger partial charge in [0, 0.05) is 16.8 Å². The van der Waals surface area contributed by atoms with Gasteiger partial charge in [-0.15, -0.1) is 0 Å². The monoisotopic (exact) mass is 434 g/mol. The van der Waals surface area contributed by atoms with Gasteiger partial charge in [-0.25, -0.2) is 0 Å². The number of nitrogens with zero attached hydrogens (tertiary/aromatic N) is 2. The van der Waals surface area contributed by atoms with E-state index in [9.17, 15) is 0 Å². The van der Waals surface area contributed by atoms with Crippen molar-refractivity contribution in [1.29, 1.82) is 0 Å². The van der Waals surface area contributed by atoms with Gasteiger partial charge in [0.2, 0.25) is 0 Å². The molecule has 0 saturated heterocycles. The van der Waals surface area contributed by atoms with E-state index in [0.29, 0.717) is 0 Å². The summed E-state index contributed by atoms with van der Waals surface area (Å²) in [7, 11) is 0. The fourth-order valence-corrected chi connectivity index (χ4v) is 5.18. The molecular formula is C32H22N2. The van der Waals surface area contributed by atoms with Gasteiger partial charge in [0.15, 0.2) is 0 Å². The summed E-state index contributed by atoms with van der Waals surface area (Å²) in [5.74, 6) is 0. The third-order valence-corrected chi connectivity index (χ3v) is 6.70. The highest BCUT2D eigenvalue weighted by atomic mass is 15.3. The van der Waals surface area contributed by atoms with E-state index in [1.165, 1.54) is 44.3 Å². The average Bonchev–Trinajstić information content (AvgIpc) is 2.91. The first-order chi connectivity index (χ1) is 16.9. The number of para-hydroxylation sites is 2. The van der Waals surface area contributed by atoms with Crippen LogP contribution >= 0.6 is 0 Å². The highest BCUT2D eigenvalue weighted by Crippen LogP contribution is 2.56. The van der Waals surface area contributed by atoms with E-state index in [4.69, 9.17) is 0 Å². The van der Waals surface area contributed by atoms with E-state index in [1.807, 2.05) is 0 Å². The summed E-state index contributed by atoms with van der Waals surface area (Å²) in [4.78, 5) is 4.84. The summed E-state index contributed by atoms with van der Waals surface area (Å²) in [5, 5.41) is 4.95. The summed E-state index contributed by atoms with van der Waals surface area (Å²) in [6.45, 7) is 0. The molecule has 2 heteroatoms. The second-order valence-electron chi connectivity index (χ2n) is 8.68. The minimum absolute atomic E-state index is 1.16. The number of fused-ring (bicyclic) bond motifs is 5. The topological polar surface area (TPSA) is 6.48 Å². The van der Waals surface area contributed by atoms with Crippen molar-refractivity contribution in [1.82, 2.24) is 0 Å². The van der Waals surface area contributed by atoms with Crippen molar-refractivity contribution in [3.8, 4) is 0 Å². The van der Waals surface area contributed by atoms with Crippen molar-refractivity contribution in [2.45, 2.75) is 0 Å². The number of hydrogen-bond acceptors (Lipinski definition) is 2. The quantitative estimate of drug-likeness (QED) is 0.267. The van der Waals surface area contributed by atoms with Gasteiger partial charge < -0.3 is 9.80 Å². The second kappa shape index (κ2) is 7.50. The van der Waals surface area contributed by atoms with Gasteiger partial charge in [-0.1, -0.05) is 91.0 Å². The minimum atomic E-state index is 1.16. The van der Waals surface area contributed by atoms with Crippen LogP contribution in [0.3, 0.4) is 0 Å². The normalized spacial score (nSPS) is 12.6. The highest BCUT2D eigenvalue weighted by molar-refractivity contribution is 6.13. The fourth-order valence-electron chi connectivity index (χ4n) is 5.18. The molecule has 1 heterocycles. The van der Waals surface area contributed by atoms with E-state index in [1.54, 1.807) is 0 Å². The SMILES string of the molecule is c1ccc(N2c3cc4ccccc4cc3N(c3ccccc3)c3c2ccc2ccccc32)cc1. The molecule has 0 bridgehead atoms. The van der Waals surface area contributed by atoms with Crippen LogP contribution in [0.2, 0.25) is 0 Å². The summed E-state index contributed by atoms with van der Waals surface area (Å²) >= 11 is 0. The Labute approximate surface area is 198 Å². The van der Waals surface area contributed by atoms with E-state index in [2.05, 4.69) is 143 Å². The maximum Gasteiger partial charge on any atom is 0.0782 e. The molecule has 1 aliphatic heterocycles. The molecule has 6 aromatic carbocycles. The Kier molecular flexibility index (Phi) is 4.18. The lowest BCUT2D eigenvalue weighted by Crippen LogP contribution is -2.24. The molecule has 0 fully saturated rings. The van der Waals surface area contributed by atoms with Crippen LogP contribution < -0.4 is 9.80 Å². The number of benzene rings is 6. The standard InChI is InChI=1S/C32H22N2/c1-3-14-26(15-4-1)33-29-20-19-23-11-9-10-18-28(23)32(29)34(27-16-5-2-6-17-27)31-22-25-13-8-7-12-24(25)21-30(31)33/h1-22H. The molecule has 0 saturated carbocycles. The van der Waals surface area contributed by atoms with Gasteiger partial charge in [-0.05, 0) is 58.6 Å². The molecule has 2 nitrogen and oxygen atoms in total. The Balaban J connectivity index is 1.64. The largest absolute Gasteiger partial charge is 0.306 e. The van der Waals surface area contributed by atoms with E-state index in [-0.39, 0.29) is 0 Å². The molecule has 34 heavy (non-hydrogen) atoms. The molecule has 0 amide bonds. The maximum absolute atomic E-state index is 2.43. The van der Waals surface area contributed by atoms with Crippen LogP contribution in [0.1, 0.15) is 0 Å². The molecule has 6 aromatic rings. The van der Waals surface area contributed by atoms with Gasteiger partial charge in [0.1, 0.15) is 0 Å². The van der Waals surface area contributed by atoms with Crippen molar-refractivity contribution < 1.29 is 0 Å². The van der Waals surface area contributed by atoms with Crippen molar-refractivity contribution in [3.63, 3.8) is 0 Å². The highest BCUT2D eigenvalue weighted by Gasteiger charge is 2.32. The third kappa shape index (κ3) is 2.82. The molecule has 0 atom stereocenters. The van der Waals surface area contributed by atoms with Crippen LogP contribution in [-0.2, 0) is 0 Å². The average molecular weight is 435 g/mol. The molecule has 0 radical (unpaired) electrons. The Morgan fingerprint density at radius 1 is 0.353 bits per heavy atom. The van der Waals surface area contributed by atoms with Crippen LogP contribution in [0.5, 0.6) is 0 Å². The molecule has 0 unspecified atom stereocenters. The Morgan fingerprint density at radius 2 is 0.853 bits per heavy atom. The predicted molar refractivity (Wildman–Crippen MR) is 144 cm³/mol. The smallest absolute Gasteiger partial charge is 0.0782 e. The van der Waals surface area contributed by atoms with Crippen LogP contribution in [0.4, 0.5) is 34.1 Å². The van der Waals surface area contributed by atoms with E-state index >= 15 is 0 Å². The van der Waals surface area contributed by atoms with Crippen LogP contribution in [0.15, 0.2) is 133 Å². The Morgan fingerprint density at radius 3 is 1.50 bits per heavy atom. The summed E-state index contributed by atoms with van der Waals surface area (Å²) in [6, 6.07) is 47.8. The second-order valence-corrected chi connectivity index (χ2v) is 8.68. The first-order valence-electron chi connectivity index (χ1n) is 11.6. The zero-order valence-electron chi connectivity index (χ0n) is 18.6. The predicted octanol–water partition coefficient (Wildman–Crippen LogP) is 9.25. The van der Waals surface area contributed by atoms with Gasteiger partial charge in [0.05, 0.1) is 22.7 Å². The van der Waals surface area contributed by atoms with Crippen LogP contribution in [0, 0.1) is 0 Å². The van der Waals surface area contributed by atoms with E-state index in [0.717, 1.165) is 11.4 Å². The molecule has 0 N–H and O–H groups in total. The molecule has 0 spiro atoms. The Hall–Kier alpha value is -4.56. The first kappa shape index (κ1) is 19.0. The van der Waals surface area contributed by atoms with Gasteiger partial charge in [-0.2, -0.15) is 0 Å². The van der Waals surface area contributed by atoms with Crippen molar-refractivity contribution >= 4 is 55.7 Å². The molecule has 0 aromatic heterocycles. The van der Waals surface area contributed by atoms with Crippen LogP contribution in [-0.4, -0.2) is 0 Å². The molecule has 0 aliphatic carbocycles. The van der Waals surface area contributed by atoms with Gasteiger partial charge >= 0.3 is 0 Å². The summed E-state index contributed by atoms with van der Waals surface area (Å²) < 4.78 is 0. The van der Waals surface area contributed by atoms with Gasteiger partial charge in [0.25, 0.3) is 0 Å². The number of hydrogen-bond donors (Lipinski definition) is 0. The number of rotatable bonds is 2. The van der Waals surface area contributed by atoms with Crippen LogP contribution in [0.25, 0.3) is 21.5 Å². The first-order valence-corrected chi connectivity index (χ1v) is 11.6. The molecular weight excluding hydrogens is 412 g/mol. The summed E-state index contributed by atoms with van der Waals surface area (Å²) in [6.07, 6.45) is 0. The molecule has 1 aliphatic rings. The zero-order valence-corrected chi connectivity index (χ0v) is 18.6. The molecule has 160 valence electrons. The zero-order chi connectivity index (χ0) is 22.5. The third-order valence-electron chi connectivity index (χ3n) is 6.70. The fraction of sp³-hybridized carbons (Fsp3) is 0. The minimum Gasteiger partial charge on any atom is -0.306 e. The lowest BCUT2D eigenvalue weighted by Gasteiger charge is -2.41. The Bertz CT molecular complexity index is 1650. The summed E-state index contributed by atoms with van der Waals surface area (Å²) in [5.41, 5.74) is 7.05. The van der Waals surface area contributed by atoms with Crippen molar-refractivity contribution in [2.24, 2.45) is 0 Å². The number of anilines is 6. The molecule has 7 rings (SSSR count).